The van der Waals surface area contributed by atoms with E-state index in [4.69, 9.17) is 9.63 Å². The molecule has 1 aliphatic heterocycles. The number of aliphatic hydroxyl groups excluding tert-OH is 1. The van der Waals surface area contributed by atoms with Gasteiger partial charge in [-0.15, -0.1) is 9.42 Å². The van der Waals surface area contributed by atoms with Gasteiger partial charge in [0.25, 0.3) is 0 Å². The molecule has 4 rings (SSSR count). The number of anilines is 1. The van der Waals surface area contributed by atoms with E-state index in [2.05, 4.69) is 24.8 Å². The Bertz CT molecular complexity index is 969. The van der Waals surface area contributed by atoms with Crippen molar-refractivity contribution in [2.45, 2.75) is 31.4 Å². The van der Waals surface area contributed by atoms with Crippen molar-refractivity contribution in [3.8, 4) is 0 Å². The van der Waals surface area contributed by atoms with Crippen molar-refractivity contribution in [2.24, 2.45) is 0 Å². The second-order valence-electron chi connectivity index (χ2n) is 6.37. The molecule has 1 aliphatic rings. The van der Waals surface area contributed by atoms with Gasteiger partial charge in [0.05, 0.1) is 12.4 Å². The highest BCUT2D eigenvalue weighted by atomic mass is 31.1. The van der Waals surface area contributed by atoms with Crippen LogP contribution in [-0.2, 0) is 20.4 Å². The number of ether oxygens (including phenoxy) is 1. The highest BCUT2D eigenvalue weighted by molar-refractivity contribution is 7.32. The summed E-state index contributed by atoms with van der Waals surface area (Å²) in [6.45, 7) is 0.506. The lowest BCUT2D eigenvalue weighted by molar-refractivity contribution is -0.0459. The van der Waals surface area contributed by atoms with Gasteiger partial charge < -0.3 is 15.2 Å². The van der Waals surface area contributed by atoms with Crippen molar-refractivity contribution in [3.05, 3.63) is 48.5 Å². The number of aromatic nitrogens is 4. The summed E-state index contributed by atoms with van der Waals surface area (Å²) < 4.78 is 22.8. The summed E-state index contributed by atoms with van der Waals surface area (Å²) in [6.07, 6.45) is 1.20. The van der Waals surface area contributed by atoms with Gasteiger partial charge in [-0.3, -0.25) is 4.57 Å². The molecule has 3 aromatic rings. The summed E-state index contributed by atoms with van der Waals surface area (Å²) in [7, 11) is -2.71. The van der Waals surface area contributed by atoms with Gasteiger partial charge in [-0.05, 0) is 5.56 Å². The Morgan fingerprint density at radius 2 is 2.11 bits per heavy atom. The van der Waals surface area contributed by atoms with Gasteiger partial charge >= 0.3 is 8.25 Å². The monoisotopic (exact) mass is 404 g/mol. The van der Waals surface area contributed by atoms with E-state index in [9.17, 15) is 9.67 Å². The Morgan fingerprint density at radius 3 is 2.89 bits per heavy atom. The van der Waals surface area contributed by atoms with Gasteiger partial charge in [0.2, 0.25) is 0 Å². The first kappa shape index (κ1) is 18.9. The lowest BCUT2D eigenvalue weighted by Crippen LogP contribution is -2.19. The Morgan fingerprint density at radius 1 is 1.29 bits per heavy atom. The molecular weight excluding hydrogens is 385 g/mol. The molecule has 146 valence electrons. The maximum atomic E-state index is 10.7. The van der Waals surface area contributed by atoms with Gasteiger partial charge in [0, 0.05) is 17.5 Å². The van der Waals surface area contributed by atoms with Gasteiger partial charge in [-0.1, -0.05) is 30.3 Å². The van der Waals surface area contributed by atoms with Crippen LogP contribution >= 0.6 is 8.25 Å². The quantitative estimate of drug-likeness (QED) is 0.504. The van der Waals surface area contributed by atoms with Crippen molar-refractivity contribution in [2.75, 3.05) is 11.9 Å². The second kappa shape index (κ2) is 8.26. The lowest BCUT2D eigenvalue weighted by atomic mass is 10.2. The molecule has 1 unspecified atom stereocenters. The average Bonchev–Trinajstić information content (AvgIpc) is 3.29. The SMILES string of the molecule is O=[P+](O)OC[C@@H]1C[C@@H](O)[C@H](n2cnc3c(NCc4ccccc4)ncnc32)O1. The van der Waals surface area contributed by atoms with Crippen molar-refractivity contribution >= 4 is 25.2 Å². The van der Waals surface area contributed by atoms with Crippen LogP contribution in [0.5, 0.6) is 0 Å². The van der Waals surface area contributed by atoms with Crippen LogP contribution in [0.15, 0.2) is 43.0 Å². The molecule has 0 amide bonds. The minimum atomic E-state index is -2.71. The van der Waals surface area contributed by atoms with E-state index in [1.165, 1.54) is 12.7 Å². The molecular formula is C17H19N5O5P+. The molecule has 11 heteroatoms. The number of nitrogens with one attached hydrogen (secondary N) is 1. The molecule has 28 heavy (non-hydrogen) atoms. The fourth-order valence-corrected chi connectivity index (χ4v) is 3.48. The van der Waals surface area contributed by atoms with Gasteiger partial charge in [-0.25, -0.2) is 15.0 Å². The van der Waals surface area contributed by atoms with Gasteiger partial charge in [0.15, 0.2) is 23.2 Å². The van der Waals surface area contributed by atoms with Crippen molar-refractivity contribution in [3.63, 3.8) is 0 Å². The van der Waals surface area contributed by atoms with E-state index < -0.39 is 26.7 Å². The molecule has 1 fully saturated rings. The Balaban J connectivity index is 1.52. The van der Waals surface area contributed by atoms with Crippen LogP contribution in [0.4, 0.5) is 5.82 Å². The third-order valence-corrected chi connectivity index (χ3v) is 4.84. The third kappa shape index (κ3) is 4.01. The predicted octanol–water partition coefficient (Wildman–Crippen LogP) is 1.75. The number of fused-ring (bicyclic) bond motifs is 1. The number of nitrogens with zero attached hydrogens (tertiary/aromatic N) is 4. The molecule has 0 spiro atoms. The van der Waals surface area contributed by atoms with Crippen molar-refractivity contribution in [1.82, 2.24) is 19.5 Å². The number of hydrogen-bond acceptors (Lipinski definition) is 8. The van der Waals surface area contributed by atoms with Crippen LogP contribution < -0.4 is 5.32 Å². The molecule has 10 nitrogen and oxygen atoms in total. The van der Waals surface area contributed by atoms with E-state index in [-0.39, 0.29) is 13.0 Å². The maximum absolute atomic E-state index is 10.7. The zero-order valence-electron chi connectivity index (χ0n) is 14.8. The topological polar surface area (TPSA) is 132 Å². The predicted molar refractivity (Wildman–Crippen MR) is 99.4 cm³/mol. The van der Waals surface area contributed by atoms with E-state index in [1.54, 1.807) is 4.57 Å². The van der Waals surface area contributed by atoms with Crippen LogP contribution in [-0.4, -0.2) is 48.3 Å². The number of aliphatic hydroxyl groups is 1. The van der Waals surface area contributed by atoms with Crippen LogP contribution in [0.25, 0.3) is 11.2 Å². The van der Waals surface area contributed by atoms with Crippen LogP contribution in [0.2, 0.25) is 0 Å². The zero-order chi connectivity index (χ0) is 19.5. The zero-order valence-corrected chi connectivity index (χ0v) is 15.6. The first-order valence-electron chi connectivity index (χ1n) is 8.69. The largest absolute Gasteiger partial charge is 0.694 e. The maximum Gasteiger partial charge on any atom is 0.694 e. The summed E-state index contributed by atoms with van der Waals surface area (Å²) in [5, 5.41) is 13.6. The Hall–Kier alpha value is -2.49. The van der Waals surface area contributed by atoms with E-state index in [0.717, 1.165) is 5.56 Å². The third-order valence-electron chi connectivity index (χ3n) is 4.47. The summed E-state index contributed by atoms with van der Waals surface area (Å²) in [4.78, 5) is 21.7. The van der Waals surface area contributed by atoms with E-state index >= 15 is 0 Å². The summed E-state index contributed by atoms with van der Waals surface area (Å²) in [6, 6.07) is 9.91. The average molecular weight is 404 g/mol. The molecule has 0 bridgehead atoms. The highest BCUT2D eigenvalue weighted by Gasteiger charge is 2.38. The van der Waals surface area contributed by atoms with Gasteiger partial charge in [0.1, 0.15) is 19.0 Å². The fraction of sp³-hybridized carbons (Fsp3) is 0.353. The van der Waals surface area contributed by atoms with Gasteiger partial charge in [-0.2, -0.15) is 0 Å². The summed E-state index contributed by atoms with van der Waals surface area (Å²) in [5.74, 6) is 0.581. The molecule has 1 aromatic carbocycles. The second-order valence-corrected chi connectivity index (χ2v) is 7.10. The molecule has 0 radical (unpaired) electrons. The van der Waals surface area contributed by atoms with Crippen LogP contribution in [0, 0.1) is 0 Å². The number of benzene rings is 1. The fourth-order valence-electron chi connectivity index (χ4n) is 3.18. The molecule has 0 aliphatic carbocycles. The normalized spacial score (nSPS) is 22.5. The molecule has 3 N–H and O–H groups in total. The molecule has 0 saturated carbocycles. The Labute approximate surface area is 161 Å². The lowest BCUT2D eigenvalue weighted by Gasteiger charge is -2.16. The molecule has 1 saturated heterocycles. The first-order chi connectivity index (χ1) is 13.6. The minimum absolute atomic E-state index is 0.0786. The van der Waals surface area contributed by atoms with Crippen molar-refractivity contribution in [1.29, 1.82) is 0 Å². The van der Waals surface area contributed by atoms with E-state index in [0.29, 0.717) is 23.5 Å². The number of hydrogen-bond donors (Lipinski definition) is 3. The summed E-state index contributed by atoms with van der Waals surface area (Å²) in [5.41, 5.74) is 2.19. The van der Waals surface area contributed by atoms with E-state index in [1.807, 2.05) is 30.3 Å². The number of rotatable bonds is 7. The minimum Gasteiger partial charge on any atom is -0.388 e. The standard InChI is InChI=1S/C17H18N5O5P/c23-13-6-12(8-26-28(24)25)27-17(13)22-10-21-14-15(19-9-20-16(14)22)18-7-11-4-2-1-3-5-11/h1-5,9-10,12-13,17,23H,6-8H2,(H-,18,19,20,24,25)/p+1/t12-,13+,17+/m0/s1. The molecule has 2 aromatic heterocycles. The number of imidazole rings is 1. The molecule has 4 atom stereocenters. The smallest absolute Gasteiger partial charge is 0.388 e. The highest BCUT2D eigenvalue weighted by Crippen LogP contribution is 2.33. The van der Waals surface area contributed by atoms with Crippen molar-refractivity contribution < 1.29 is 23.8 Å². The van der Waals surface area contributed by atoms with Crippen LogP contribution in [0.1, 0.15) is 18.2 Å². The Kier molecular flexibility index (Phi) is 5.56. The van der Waals surface area contributed by atoms with Crippen LogP contribution in [0.3, 0.4) is 0 Å². The first-order valence-corrected chi connectivity index (χ1v) is 9.83. The molecule has 3 heterocycles. The summed E-state index contributed by atoms with van der Waals surface area (Å²) >= 11 is 0.